The normalized spacial score (nSPS) is 15.7. The first-order chi connectivity index (χ1) is 15.9. The molecule has 3 heterocycles. The highest BCUT2D eigenvalue weighted by molar-refractivity contribution is 9.10. The number of carbonyl (C=O) groups excluding carboxylic acids is 1. The van der Waals surface area contributed by atoms with Gasteiger partial charge in [0.05, 0.1) is 15.9 Å². The second-order valence-corrected chi connectivity index (χ2v) is 10.6. The lowest BCUT2D eigenvalue weighted by Gasteiger charge is -2.30. The minimum atomic E-state index is -3.62. The quantitative estimate of drug-likeness (QED) is 0.388. The Hall–Kier alpha value is -2.95. The van der Waals surface area contributed by atoms with E-state index in [1.54, 1.807) is 24.3 Å². The van der Waals surface area contributed by atoms with Crippen molar-refractivity contribution in [3.8, 4) is 0 Å². The Bertz CT molecular complexity index is 1370. The number of para-hydroxylation sites is 2. The van der Waals surface area contributed by atoms with Gasteiger partial charge in [-0.25, -0.2) is 13.4 Å². The van der Waals surface area contributed by atoms with Crippen molar-refractivity contribution in [2.24, 2.45) is 0 Å². The minimum absolute atomic E-state index is 0.158. The summed E-state index contributed by atoms with van der Waals surface area (Å²) in [5.74, 6) is 0.856. The third-order valence-electron chi connectivity index (χ3n) is 5.80. The molecule has 10 heteroatoms. The molecule has 0 unspecified atom stereocenters. The average Bonchev–Trinajstić information content (AvgIpc) is 3.46. The van der Waals surface area contributed by atoms with Crippen molar-refractivity contribution >= 4 is 48.6 Å². The smallest absolute Gasteiger partial charge is 0.291 e. The van der Waals surface area contributed by atoms with Gasteiger partial charge >= 0.3 is 0 Å². The lowest BCUT2D eigenvalue weighted by atomic mass is 9.97. The van der Waals surface area contributed by atoms with Crippen molar-refractivity contribution in [3.05, 3.63) is 76.9 Å². The third kappa shape index (κ3) is 4.46. The number of halogens is 1. The number of sulfonamides is 1. The number of rotatable bonds is 5. The summed E-state index contributed by atoms with van der Waals surface area (Å²) in [5.41, 5.74) is 2.40. The van der Waals surface area contributed by atoms with Crippen molar-refractivity contribution in [3.63, 3.8) is 0 Å². The van der Waals surface area contributed by atoms with Crippen LogP contribution in [-0.4, -0.2) is 41.7 Å². The van der Waals surface area contributed by atoms with Crippen molar-refractivity contribution in [1.29, 1.82) is 0 Å². The van der Waals surface area contributed by atoms with Gasteiger partial charge in [-0.3, -0.25) is 4.79 Å². The van der Waals surface area contributed by atoms with E-state index >= 15 is 0 Å². The first kappa shape index (κ1) is 21.9. The molecule has 1 saturated heterocycles. The van der Waals surface area contributed by atoms with Gasteiger partial charge in [0.1, 0.15) is 5.82 Å². The first-order valence-corrected chi connectivity index (χ1v) is 12.7. The van der Waals surface area contributed by atoms with E-state index in [4.69, 9.17) is 4.42 Å². The Labute approximate surface area is 199 Å². The largest absolute Gasteiger partial charge is 0.444 e. The second kappa shape index (κ2) is 8.77. The lowest BCUT2D eigenvalue weighted by molar-refractivity contribution is 0.0995. The van der Waals surface area contributed by atoms with E-state index < -0.39 is 15.9 Å². The molecule has 1 aliphatic heterocycles. The zero-order valence-corrected chi connectivity index (χ0v) is 19.9. The molecule has 4 aromatic rings. The molecule has 2 N–H and O–H groups in total. The fourth-order valence-electron chi connectivity index (χ4n) is 4.02. The standard InChI is InChI=1S/C23H21BrN4O4S/c24-21-10-9-20(32-21)23(29)25-16-5-7-17(8-6-16)33(30,31)28-13-11-15(12-14-28)22-26-18-3-1-2-4-19(18)27-22/h1-10,15H,11-14H2,(H,25,29)(H,26,27). The molecule has 0 atom stereocenters. The van der Waals surface area contributed by atoms with Gasteiger partial charge in [-0.2, -0.15) is 4.31 Å². The number of piperidine rings is 1. The Balaban J connectivity index is 1.23. The van der Waals surface area contributed by atoms with Crippen molar-refractivity contribution < 1.29 is 17.6 Å². The number of hydrogen-bond acceptors (Lipinski definition) is 5. The van der Waals surface area contributed by atoms with Gasteiger partial charge in [0, 0.05) is 24.7 Å². The highest BCUT2D eigenvalue weighted by Crippen LogP contribution is 2.30. The molecule has 33 heavy (non-hydrogen) atoms. The van der Waals surface area contributed by atoms with Crippen LogP contribution in [0.3, 0.4) is 0 Å². The summed E-state index contributed by atoms with van der Waals surface area (Å²) in [5, 5.41) is 2.69. The van der Waals surface area contributed by atoms with Crippen molar-refractivity contribution in [2.45, 2.75) is 23.7 Å². The molecule has 1 amide bonds. The Kier molecular flexibility index (Phi) is 5.81. The molecule has 5 rings (SSSR count). The number of aromatic nitrogens is 2. The Morgan fingerprint density at radius 2 is 1.79 bits per heavy atom. The minimum Gasteiger partial charge on any atom is -0.444 e. The molecule has 0 saturated carbocycles. The molecule has 2 aromatic carbocycles. The number of nitrogens with one attached hydrogen (secondary N) is 2. The summed E-state index contributed by atoms with van der Waals surface area (Å²) >= 11 is 3.16. The van der Waals surface area contributed by atoms with Crippen LogP contribution in [0.4, 0.5) is 5.69 Å². The van der Waals surface area contributed by atoms with E-state index in [9.17, 15) is 13.2 Å². The van der Waals surface area contributed by atoms with Gasteiger partial charge < -0.3 is 14.7 Å². The Morgan fingerprint density at radius 1 is 1.06 bits per heavy atom. The topological polar surface area (TPSA) is 108 Å². The summed E-state index contributed by atoms with van der Waals surface area (Å²) in [6.45, 7) is 0.853. The van der Waals surface area contributed by atoms with Crippen LogP contribution in [-0.2, 0) is 10.0 Å². The van der Waals surface area contributed by atoms with E-state index in [-0.39, 0.29) is 16.6 Å². The maximum Gasteiger partial charge on any atom is 0.291 e. The van der Waals surface area contributed by atoms with Crippen LogP contribution in [0.2, 0.25) is 0 Å². The molecule has 1 aliphatic rings. The number of anilines is 1. The molecule has 2 aromatic heterocycles. The molecule has 0 spiro atoms. The number of hydrogen-bond donors (Lipinski definition) is 2. The van der Waals surface area contributed by atoms with Gasteiger partial charge in [-0.1, -0.05) is 12.1 Å². The predicted molar refractivity (Wildman–Crippen MR) is 128 cm³/mol. The molecular weight excluding hydrogens is 508 g/mol. The van der Waals surface area contributed by atoms with Crippen LogP contribution >= 0.6 is 15.9 Å². The Morgan fingerprint density at radius 3 is 2.45 bits per heavy atom. The van der Waals surface area contributed by atoms with Crippen molar-refractivity contribution in [1.82, 2.24) is 14.3 Å². The molecular formula is C23H21BrN4O4S. The fraction of sp³-hybridized carbons (Fsp3) is 0.217. The summed E-state index contributed by atoms with van der Waals surface area (Å²) < 4.78 is 33.4. The zero-order chi connectivity index (χ0) is 23.0. The molecule has 0 bridgehead atoms. The number of amides is 1. The van der Waals surface area contributed by atoms with Gasteiger partial charge in [0.2, 0.25) is 10.0 Å². The summed E-state index contributed by atoms with van der Waals surface area (Å²) in [4.78, 5) is 20.4. The second-order valence-electron chi connectivity index (χ2n) is 7.90. The van der Waals surface area contributed by atoms with Crippen LogP contribution in [0.25, 0.3) is 11.0 Å². The summed E-state index contributed by atoms with van der Waals surface area (Å²) in [7, 11) is -3.62. The maximum atomic E-state index is 13.1. The SMILES string of the molecule is O=C(Nc1ccc(S(=O)(=O)N2CCC(c3nc4ccccc4[nH]3)CC2)cc1)c1ccc(Br)o1. The van der Waals surface area contributed by atoms with E-state index in [2.05, 4.69) is 31.2 Å². The highest BCUT2D eigenvalue weighted by Gasteiger charge is 2.31. The van der Waals surface area contributed by atoms with Crippen LogP contribution in [0.5, 0.6) is 0 Å². The van der Waals surface area contributed by atoms with E-state index in [0.29, 0.717) is 36.3 Å². The van der Waals surface area contributed by atoms with Crippen LogP contribution < -0.4 is 5.32 Å². The number of fused-ring (bicyclic) bond motifs is 1. The molecule has 170 valence electrons. The number of imidazole rings is 1. The van der Waals surface area contributed by atoms with Crippen LogP contribution in [0, 0.1) is 0 Å². The number of nitrogens with zero attached hydrogens (tertiary/aromatic N) is 2. The van der Waals surface area contributed by atoms with E-state index in [1.807, 2.05) is 24.3 Å². The number of aromatic amines is 1. The van der Waals surface area contributed by atoms with Crippen LogP contribution in [0.1, 0.15) is 35.1 Å². The number of furan rings is 1. The number of benzene rings is 2. The van der Waals surface area contributed by atoms with Gasteiger partial charge in [0.15, 0.2) is 10.4 Å². The van der Waals surface area contributed by atoms with E-state index in [1.165, 1.54) is 16.4 Å². The number of H-pyrrole nitrogens is 1. The monoisotopic (exact) mass is 528 g/mol. The summed E-state index contributed by atoms with van der Waals surface area (Å²) in [6.07, 6.45) is 1.40. The first-order valence-electron chi connectivity index (χ1n) is 10.5. The lowest BCUT2D eigenvalue weighted by Crippen LogP contribution is -2.38. The van der Waals surface area contributed by atoms with Crippen LogP contribution in [0.15, 0.2) is 74.6 Å². The average molecular weight is 529 g/mol. The zero-order valence-electron chi connectivity index (χ0n) is 17.5. The van der Waals surface area contributed by atoms with Crippen molar-refractivity contribution in [2.75, 3.05) is 18.4 Å². The molecule has 0 radical (unpaired) electrons. The summed E-state index contributed by atoms with van der Waals surface area (Å²) in [6, 6.07) is 17.2. The molecule has 1 fully saturated rings. The van der Waals surface area contributed by atoms with Gasteiger partial charge in [0.25, 0.3) is 5.91 Å². The number of carbonyl (C=O) groups is 1. The predicted octanol–water partition coefficient (Wildman–Crippen LogP) is 4.74. The molecule has 0 aliphatic carbocycles. The maximum absolute atomic E-state index is 13.1. The fourth-order valence-corrected chi connectivity index (χ4v) is 5.80. The third-order valence-corrected chi connectivity index (χ3v) is 8.13. The highest BCUT2D eigenvalue weighted by atomic mass is 79.9. The molecule has 8 nitrogen and oxygen atoms in total. The van der Waals surface area contributed by atoms with Gasteiger partial charge in [-0.05, 0) is 77.3 Å². The van der Waals surface area contributed by atoms with Gasteiger partial charge in [-0.15, -0.1) is 0 Å². The van der Waals surface area contributed by atoms with E-state index in [0.717, 1.165) is 16.9 Å².